The van der Waals surface area contributed by atoms with Gasteiger partial charge in [0.25, 0.3) is 0 Å². The van der Waals surface area contributed by atoms with Crippen molar-refractivity contribution in [2.24, 2.45) is 5.92 Å². The maximum absolute atomic E-state index is 11.1. The average molecular weight is 171 g/mol. The van der Waals surface area contributed by atoms with E-state index in [0.717, 1.165) is 6.54 Å². The zero-order valence-electron chi connectivity index (χ0n) is 7.79. The summed E-state index contributed by atoms with van der Waals surface area (Å²) in [6, 6.07) is -0.0249. The van der Waals surface area contributed by atoms with Crippen LogP contribution in [0.5, 0.6) is 0 Å². The number of rotatable bonds is 4. The molecule has 0 aromatic heterocycles. The Morgan fingerprint density at radius 1 is 1.67 bits per heavy atom. The van der Waals surface area contributed by atoms with Crippen LogP contribution < -0.4 is 0 Å². The van der Waals surface area contributed by atoms with Gasteiger partial charge in [-0.2, -0.15) is 0 Å². The molecule has 70 valence electrons. The second-order valence-corrected chi connectivity index (χ2v) is 3.65. The van der Waals surface area contributed by atoms with E-state index in [2.05, 4.69) is 0 Å². The maximum Gasteiger partial charge on any atom is 0.219 e. The Labute approximate surface area is 73.4 Å². The third kappa shape index (κ3) is 2.48. The van der Waals surface area contributed by atoms with Gasteiger partial charge in [-0.3, -0.25) is 4.79 Å². The van der Waals surface area contributed by atoms with Crippen molar-refractivity contribution in [3.8, 4) is 0 Å². The van der Waals surface area contributed by atoms with Crippen molar-refractivity contribution in [3.63, 3.8) is 0 Å². The molecule has 1 aliphatic carbocycles. The van der Waals surface area contributed by atoms with Gasteiger partial charge in [0.1, 0.15) is 0 Å². The van der Waals surface area contributed by atoms with Crippen LogP contribution in [-0.2, 0) is 4.79 Å². The maximum atomic E-state index is 11.1. The molecule has 0 aromatic carbocycles. The van der Waals surface area contributed by atoms with E-state index in [9.17, 15) is 4.79 Å². The number of aliphatic hydroxyl groups is 1. The number of hydrogen-bond acceptors (Lipinski definition) is 2. The topological polar surface area (TPSA) is 40.5 Å². The molecule has 0 aromatic rings. The van der Waals surface area contributed by atoms with Crippen molar-refractivity contribution in [2.75, 3.05) is 13.2 Å². The molecule has 1 N–H and O–H groups in total. The molecule has 0 spiro atoms. The van der Waals surface area contributed by atoms with E-state index >= 15 is 0 Å². The fraction of sp³-hybridized carbons (Fsp3) is 0.889. The Bertz CT molecular complexity index is 166. The molecule has 0 radical (unpaired) electrons. The van der Waals surface area contributed by atoms with E-state index in [1.807, 2.05) is 6.92 Å². The van der Waals surface area contributed by atoms with Crippen molar-refractivity contribution < 1.29 is 9.90 Å². The van der Waals surface area contributed by atoms with Crippen molar-refractivity contribution in [3.05, 3.63) is 0 Å². The molecule has 3 nitrogen and oxygen atoms in total. The molecule has 1 aliphatic rings. The minimum Gasteiger partial charge on any atom is -0.394 e. The number of amides is 1. The molecule has 1 saturated carbocycles. The number of hydrogen-bond donors (Lipinski definition) is 1. The molecule has 1 amide bonds. The minimum absolute atomic E-state index is 0.0249. The second kappa shape index (κ2) is 3.90. The Balaban J connectivity index is 2.40. The Hall–Kier alpha value is -0.570. The van der Waals surface area contributed by atoms with Crippen LogP contribution in [-0.4, -0.2) is 35.1 Å². The summed E-state index contributed by atoms with van der Waals surface area (Å²) in [7, 11) is 0. The third-order valence-electron chi connectivity index (χ3n) is 2.35. The van der Waals surface area contributed by atoms with Crippen molar-refractivity contribution >= 4 is 5.91 Å². The lowest BCUT2D eigenvalue weighted by Gasteiger charge is -2.26. The number of nitrogens with zero attached hydrogens (tertiary/aromatic N) is 1. The molecule has 0 aliphatic heterocycles. The van der Waals surface area contributed by atoms with Crippen molar-refractivity contribution in [1.82, 2.24) is 4.90 Å². The first-order valence-corrected chi connectivity index (χ1v) is 4.53. The van der Waals surface area contributed by atoms with Crippen molar-refractivity contribution in [1.29, 1.82) is 0 Å². The van der Waals surface area contributed by atoms with E-state index in [0.29, 0.717) is 5.92 Å². The van der Waals surface area contributed by atoms with Gasteiger partial charge >= 0.3 is 0 Å². The third-order valence-corrected chi connectivity index (χ3v) is 2.35. The van der Waals surface area contributed by atoms with Gasteiger partial charge in [0.2, 0.25) is 5.91 Å². The number of carbonyl (C=O) groups is 1. The lowest BCUT2D eigenvalue weighted by atomic mass is 10.2. The van der Waals surface area contributed by atoms with Gasteiger partial charge in [-0.25, -0.2) is 0 Å². The largest absolute Gasteiger partial charge is 0.394 e. The predicted octanol–water partition coefficient (Wildman–Crippen LogP) is 0.626. The summed E-state index contributed by atoms with van der Waals surface area (Å²) >= 11 is 0. The SMILES string of the molecule is CC(=O)N(CC1CC1)[C@H](C)CO. The first-order chi connectivity index (χ1) is 5.65. The lowest BCUT2D eigenvalue weighted by molar-refractivity contribution is -0.131. The monoisotopic (exact) mass is 171 g/mol. The summed E-state index contributed by atoms with van der Waals surface area (Å²) in [5.74, 6) is 0.770. The molecule has 1 atom stereocenters. The Morgan fingerprint density at radius 3 is 2.58 bits per heavy atom. The van der Waals surface area contributed by atoms with Crippen LogP contribution >= 0.6 is 0 Å². The fourth-order valence-electron chi connectivity index (χ4n) is 1.30. The summed E-state index contributed by atoms with van der Waals surface area (Å²) in [5, 5.41) is 8.89. The van der Waals surface area contributed by atoms with Gasteiger partial charge in [0, 0.05) is 13.5 Å². The molecule has 0 heterocycles. The summed E-state index contributed by atoms with van der Waals surface area (Å²) in [6.45, 7) is 4.33. The highest BCUT2D eigenvalue weighted by Gasteiger charge is 2.27. The summed E-state index contributed by atoms with van der Waals surface area (Å²) in [6.07, 6.45) is 2.48. The standard InChI is InChI=1S/C9H17NO2/c1-7(6-11)10(8(2)12)5-9-3-4-9/h7,9,11H,3-6H2,1-2H3/t7-/m1/s1. The highest BCUT2D eigenvalue weighted by molar-refractivity contribution is 5.73. The van der Waals surface area contributed by atoms with E-state index in [1.54, 1.807) is 11.8 Å². The first-order valence-electron chi connectivity index (χ1n) is 4.53. The van der Waals surface area contributed by atoms with Crippen LogP contribution in [0.25, 0.3) is 0 Å². The van der Waals surface area contributed by atoms with Gasteiger partial charge in [-0.15, -0.1) is 0 Å². The van der Waals surface area contributed by atoms with Crippen LogP contribution in [0, 0.1) is 5.92 Å². The normalized spacial score (nSPS) is 18.9. The molecule has 0 unspecified atom stereocenters. The molecular formula is C9H17NO2. The van der Waals surface area contributed by atoms with Crippen LogP contribution in [0.1, 0.15) is 26.7 Å². The molecule has 0 saturated heterocycles. The predicted molar refractivity (Wildman–Crippen MR) is 46.7 cm³/mol. The van der Waals surface area contributed by atoms with Crippen LogP contribution in [0.15, 0.2) is 0 Å². The van der Waals surface area contributed by atoms with E-state index < -0.39 is 0 Å². The highest BCUT2D eigenvalue weighted by atomic mass is 16.3. The summed E-state index contributed by atoms with van der Waals surface area (Å²) in [4.78, 5) is 12.9. The quantitative estimate of drug-likeness (QED) is 0.674. The van der Waals surface area contributed by atoms with Crippen LogP contribution in [0.3, 0.4) is 0 Å². The van der Waals surface area contributed by atoms with Gasteiger partial charge < -0.3 is 10.0 Å². The Morgan fingerprint density at radius 2 is 2.25 bits per heavy atom. The van der Waals surface area contributed by atoms with Gasteiger partial charge in [-0.1, -0.05) is 0 Å². The molecule has 12 heavy (non-hydrogen) atoms. The molecular weight excluding hydrogens is 154 g/mol. The van der Waals surface area contributed by atoms with Gasteiger partial charge in [0.05, 0.1) is 12.6 Å². The highest BCUT2D eigenvalue weighted by Crippen LogP contribution is 2.30. The van der Waals surface area contributed by atoms with Gasteiger partial charge in [-0.05, 0) is 25.7 Å². The fourth-order valence-corrected chi connectivity index (χ4v) is 1.30. The molecule has 1 rings (SSSR count). The smallest absolute Gasteiger partial charge is 0.219 e. The van der Waals surface area contributed by atoms with Gasteiger partial charge in [0.15, 0.2) is 0 Å². The Kier molecular flexibility index (Phi) is 3.09. The summed E-state index contributed by atoms with van der Waals surface area (Å²) in [5.41, 5.74) is 0. The molecule has 1 fully saturated rings. The molecule has 3 heteroatoms. The summed E-state index contributed by atoms with van der Waals surface area (Å²) < 4.78 is 0. The zero-order chi connectivity index (χ0) is 9.14. The number of aliphatic hydroxyl groups excluding tert-OH is 1. The number of carbonyl (C=O) groups excluding carboxylic acids is 1. The van der Waals surface area contributed by atoms with Crippen molar-refractivity contribution in [2.45, 2.75) is 32.7 Å². The average Bonchev–Trinajstić information content (AvgIpc) is 2.81. The molecule has 0 bridgehead atoms. The minimum atomic E-state index is -0.0249. The zero-order valence-corrected chi connectivity index (χ0v) is 7.79. The van der Waals surface area contributed by atoms with Crippen LogP contribution in [0.2, 0.25) is 0 Å². The van der Waals surface area contributed by atoms with E-state index in [4.69, 9.17) is 5.11 Å². The van der Waals surface area contributed by atoms with E-state index in [1.165, 1.54) is 12.8 Å². The first kappa shape index (κ1) is 9.52. The second-order valence-electron chi connectivity index (χ2n) is 3.65. The van der Waals surface area contributed by atoms with E-state index in [-0.39, 0.29) is 18.6 Å². The van der Waals surface area contributed by atoms with Crippen LogP contribution in [0.4, 0.5) is 0 Å². The lowest BCUT2D eigenvalue weighted by Crippen LogP contribution is -2.40.